The Morgan fingerprint density at radius 2 is 1.90 bits per heavy atom. The molecule has 0 atom stereocenters. The molecule has 3 aromatic heterocycles. The third-order valence-corrected chi connectivity index (χ3v) is 6.15. The van der Waals surface area contributed by atoms with Gasteiger partial charge in [-0.25, -0.2) is 4.98 Å². The van der Waals surface area contributed by atoms with E-state index in [-0.39, 0.29) is 5.41 Å². The summed E-state index contributed by atoms with van der Waals surface area (Å²) in [6.07, 6.45) is 4.22. The van der Waals surface area contributed by atoms with Crippen molar-refractivity contribution >= 4 is 11.5 Å². The Balaban J connectivity index is 1.46. The van der Waals surface area contributed by atoms with Crippen LogP contribution < -0.4 is 5.73 Å². The maximum atomic E-state index is 6.32. The molecule has 7 heteroatoms. The number of rotatable bonds is 4. The Morgan fingerprint density at radius 1 is 1.17 bits per heavy atom. The van der Waals surface area contributed by atoms with E-state index < -0.39 is 0 Å². The van der Waals surface area contributed by atoms with Crippen molar-refractivity contribution in [1.29, 1.82) is 0 Å². The van der Waals surface area contributed by atoms with Crippen LogP contribution in [0.15, 0.2) is 18.3 Å². The van der Waals surface area contributed by atoms with E-state index in [1.807, 2.05) is 12.3 Å². The molecule has 0 aromatic carbocycles. The average molecular weight is 396 g/mol. The van der Waals surface area contributed by atoms with Gasteiger partial charge in [0.25, 0.3) is 0 Å². The fourth-order valence-electron chi connectivity index (χ4n) is 4.18. The van der Waals surface area contributed by atoms with Gasteiger partial charge in [-0.15, -0.1) is 0 Å². The van der Waals surface area contributed by atoms with Crippen LogP contribution in [0.25, 0.3) is 5.65 Å². The van der Waals surface area contributed by atoms with Crippen LogP contribution in [0.4, 0.5) is 5.82 Å². The molecule has 4 heterocycles. The molecule has 7 nitrogen and oxygen atoms in total. The van der Waals surface area contributed by atoms with Gasteiger partial charge < -0.3 is 5.73 Å². The van der Waals surface area contributed by atoms with E-state index in [4.69, 9.17) is 10.7 Å². The maximum Gasteiger partial charge on any atom is 0.157 e. The second kappa shape index (κ2) is 7.44. The summed E-state index contributed by atoms with van der Waals surface area (Å²) in [6.45, 7) is 14.8. The highest BCUT2D eigenvalue weighted by atomic mass is 15.3. The minimum atomic E-state index is -0.0185. The van der Waals surface area contributed by atoms with Crippen molar-refractivity contribution in [1.82, 2.24) is 29.3 Å². The molecule has 3 aromatic rings. The summed E-state index contributed by atoms with van der Waals surface area (Å²) in [6, 6.07) is 4.09. The summed E-state index contributed by atoms with van der Waals surface area (Å²) in [5, 5.41) is 9.14. The number of likely N-dealkylation sites (tertiary alicyclic amines) is 1. The fourth-order valence-corrected chi connectivity index (χ4v) is 4.18. The van der Waals surface area contributed by atoms with Crippen molar-refractivity contribution in [3.8, 4) is 0 Å². The van der Waals surface area contributed by atoms with Gasteiger partial charge >= 0.3 is 0 Å². The third-order valence-electron chi connectivity index (χ3n) is 6.15. The molecular formula is C22H33N7. The number of nitrogen functional groups attached to an aromatic ring is 1. The molecule has 1 aliphatic rings. The minimum Gasteiger partial charge on any atom is -0.384 e. The van der Waals surface area contributed by atoms with Crippen LogP contribution in [-0.4, -0.2) is 42.4 Å². The summed E-state index contributed by atoms with van der Waals surface area (Å²) in [4.78, 5) is 7.45. The topological polar surface area (TPSA) is 77.3 Å². The quantitative estimate of drug-likeness (QED) is 0.731. The monoisotopic (exact) mass is 395 g/mol. The first kappa shape index (κ1) is 19.9. The molecule has 0 unspecified atom stereocenters. The smallest absolute Gasteiger partial charge is 0.157 e. The first-order chi connectivity index (χ1) is 13.8. The van der Waals surface area contributed by atoms with Crippen LogP contribution >= 0.6 is 0 Å². The highest BCUT2D eigenvalue weighted by molar-refractivity contribution is 5.49. The van der Waals surface area contributed by atoms with Crippen molar-refractivity contribution in [3.63, 3.8) is 0 Å². The van der Waals surface area contributed by atoms with Crippen LogP contribution in [0.2, 0.25) is 0 Å². The van der Waals surface area contributed by atoms with Crippen molar-refractivity contribution in [2.45, 2.75) is 71.9 Å². The molecule has 156 valence electrons. The molecular weight excluding hydrogens is 362 g/mol. The summed E-state index contributed by atoms with van der Waals surface area (Å²) < 4.78 is 3.84. The third kappa shape index (κ3) is 3.88. The zero-order valence-electron chi connectivity index (χ0n) is 18.3. The molecule has 0 saturated carbocycles. The number of piperidine rings is 1. The zero-order chi connectivity index (χ0) is 20.8. The number of nitrogens with two attached hydrogens (primary N) is 1. The number of hydrogen-bond donors (Lipinski definition) is 1. The first-order valence-electron chi connectivity index (χ1n) is 10.7. The normalized spacial score (nSPS) is 16.7. The van der Waals surface area contributed by atoms with Gasteiger partial charge in [0.1, 0.15) is 5.82 Å². The maximum absolute atomic E-state index is 6.32. The second-order valence-electron chi connectivity index (χ2n) is 9.28. The molecule has 2 N–H and O–H groups in total. The lowest BCUT2D eigenvalue weighted by atomic mass is 9.92. The van der Waals surface area contributed by atoms with Crippen LogP contribution in [0, 0.1) is 6.92 Å². The number of nitrogens with zero attached hydrogens (tertiary/aromatic N) is 6. The van der Waals surface area contributed by atoms with E-state index >= 15 is 0 Å². The number of hydrogen-bond acceptors (Lipinski definition) is 5. The predicted octanol–water partition coefficient (Wildman–Crippen LogP) is 3.51. The Morgan fingerprint density at radius 3 is 2.52 bits per heavy atom. The van der Waals surface area contributed by atoms with Crippen molar-refractivity contribution in [3.05, 3.63) is 41.0 Å². The van der Waals surface area contributed by atoms with Crippen molar-refractivity contribution < 1.29 is 0 Å². The SMILES string of the molecule is CCn1ncc(CN2CCC(c3cc(N)n4nc(C(C)(C)C)cc4n3)CC2)c1C. The Bertz CT molecular complexity index is 1000. The standard InChI is InChI=1S/C22H33N7/c1-6-28-15(2)17(13-24-28)14-27-9-7-16(8-10-27)18-11-20(23)29-21(25-18)12-19(26-29)22(3,4)5/h11-13,16H,6-10,14,23H2,1-5H3. The average Bonchev–Trinajstić information content (AvgIpc) is 3.27. The minimum absolute atomic E-state index is 0.0185. The van der Waals surface area contributed by atoms with Gasteiger partial charge in [-0.2, -0.15) is 14.7 Å². The highest BCUT2D eigenvalue weighted by Gasteiger charge is 2.25. The Labute approximate surface area is 172 Å². The Hall–Kier alpha value is -2.41. The van der Waals surface area contributed by atoms with Gasteiger partial charge in [0, 0.05) is 53.5 Å². The van der Waals surface area contributed by atoms with Crippen LogP contribution in [0.5, 0.6) is 0 Å². The molecule has 0 amide bonds. The van der Waals surface area contributed by atoms with Gasteiger partial charge in [-0.1, -0.05) is 20.8 Å². The second-order valence-corrected chi connectivity index (χ2v) is 9.28. The summed E-state index contributed by atoms with van der Waals surface area (Å²) >= 11 is 0. The first-order valence-corrected chi connectivity index (χ1v) is 10.7. The van der Waals surface area contributed by atoms with Crippen molar-refractivity contribution in [2.24, 2.45) is 0 Å². The highest BCUT2D eigenvalue weighted by Crippen LogP contribution is 2.30. The van der Waals surface area contributed by atoms with E-state index in [9.17, 15) is 0 Å². The van der Waals surface area contributed by atoms with Crippen molar-refractivity contribution in [2.75, 3.05) is 18.8 Å². The fraction of sp³-hybridized carbons (Fsp3) is 0.591. The zero-order valence-corrected chi connectivity index (χ0v) is 18.3. The molecule has 0 spiro atoms. The number of anilines is 1. The van der Waals surface area contributed by atoms with Gasteiger partial charge in [0.2, 0.25) is 0 Å². The summed E-state index contributed by atoms with van der Waals surface area (Å²) in [7, 11) is 0. The lowest BCUT2D eigenvalue weighted by Gasteiger charge is -2.31. The molecule has 29 heavy (non-hydrogen) atoms. The van der Waals surface area contributed by atoms with Gasteiger partial charge in [0.05, 0.1) is 11.9 Å². The van der Waals surface area contributed by atoms with Crippen LogP contribution in [-0.2, 0) is 18.5 Å². The lowest BCUT2D eigenvalue weighted by Crippen LogP contribution is -2.33. The number of aryl methyl sites for hydroxylation is 1. The van der Waals surface area contributed by atoms with Crippen LogP contribution in [0.1, 0.15) is 69.1 Å². The molecule has 1 saturated heterocycles. The van der Waals surface area contributed by atoms with E-state index in [0.717, 1.165) is 56.1 Å². The number of aromatic nitrogens is 5. The molecule has 0 bridgehead atoms. The van der Waals surface area contributed by atoms with Crippen LogP contribution in [0.3, 0.4) is 0 Å². The molecule has 0 aliphatic carbocycles. The van der Waals surface area contributed by atoms with Gasteiger partial charge in [0.15, 0.2) is 5.65 Å². The molecule has 0 radical (unpaired) electrons. The molecule has 4 rings (SSSR count). The van der Waals surface area contributed by atoms with Gasteiger partial charge in [-0.05, 0) is 39.8 Å². The van der Waals surface area contributed by atoms with E-state index in [1.54, 1.807) is 4.52 Å². The van der Waals surface area contributed by atoms with Gasteiger partial charge in [-0.3, -0.25) is 9.58 Å². The van der Waals surface area contributed by atoms with E-state index in [2.05, 4.69) is 60.5 Å². The predicted molar refractivity (Wildman–Crippen MR) is 116 cm³/mol. The van der Waals surface area contributed by atoms with E-state index in [0.29, 0.717) is 11.7 Å². The molecule has 1 aliphatic heterocycles. The lowest BCUT2D eigenvalue weighted by molar-refractivity contribution is 0.203. The Kier molecular flexibility index (Phi) is 5.11. The summed E-state index contributed by atoms with van der Waals surface area (Å²) in [5.74, 6) is 1.12. The van der Waals surface area contributed by atoms with E-state index in [1.165, 1.54) is 11.3 Å². The molecule has 1 fully saturated rings. The summed E-state index contributed by atoms with van der Waals surface area (Å²) in [5.41, 5.74) is 11.9. The number of fused-ring (bicyclic) bond motifs is 1. The largest absolute Gasteiger partial charge is 0.384 e.